The summed E-state index contributed by atoms with van der Waals surface area (Å²) in [6.45, 7) is 1.59. The van der Waals surface area contributed by atoms with Gasteiger partial charge in [-0.25, -0.2) is 9.78 Å². The molecule has 3 rings (SSSR count). The van der Waals surface area contributed by atoms with E-state index in [1.165, 1.54) is 0 Å². The first kappa shape index (κ1) is 16.7. The number of aromatic nitrogens is 1. The number of nitrogens with one attached hydrogen (secondary N) is 1. The number of ether oxygens (including phenoxy) is 1. The third kappa shape index (κ3) is 3.85. The molecule has 2 aromatic rings. The van der Waals surface area contributed by atoms with Crippen molar-refractivity contribution in [2.75, 3.05) is 0 Å². The summed E-state index contributed by atoms with van der Waals surface area (Å²) >= 11 is 5.85. The van der Waals surface area contributed by atoms with Gasteiger partial charge in [0, 0.05) is 11.4 Å². The number of pyridine rings is 1. The third-order valence-corrected chi connectivity index (χ3v) is 4.46. The molecule has 1 fully saturated rings. The highest BCUT2D eigenvalue weighted by molar-refractivity contribution is 6.29. The van der Waals surface area contributed by atoms with Gasteiger partial charge >= 0.3 is 5.97 Å². The second-order valence-corrected chi connectivity index (χ2v) is 6.47. The molecule has 1 atom stereocenters. The van der Waals surface area contributed by atoms with Crippen LogP contribution in [-0.2, 0) is 9.53 Å². The number of carbonyl (C=O) groups is 2. The summed E-state index contributed by atoms with van der Waals surface area (Å²) in [4.78, 5) is 28.5. The molecular formula is C18H19ClN2O3. The summed E-state index contributed by atoms with van der Waals surface area (Å²) in [5, 5.41) is 4.12. The molecule has 126 valence electrons. The average Bonchev–Trinajstić information content (AvgIpc) is 3.07. The predicted molar refractivity (Wildman–Crippen MR) is 92.0 cm³/mol. The number of carbonyl (C=O) groups excluding carboxylic acids is 2. The second-order valence-electron chi connectivity index (χ2n) is 6.08. The third-order valence-electron chi connectivity index (χ3n) is 4.25. The number of hydrogen-bond acceptors (Lipinski definition) is 4. The molecule has 0 bridgehead atoms. The van der Waals surface area contributed by atoms with Gasteiger partial charge in [-0.2, -0.15) is 0 Å². The topological polar surface area (TPSA) is 68.3 Å². The van der Waals surface area contributed by atoms with Gasteiger partial charge in [-0.3, -0.25) is 4.79 Å². The Morgan fingerprint density at radius 1 is 1.25 bits per heavy atom. The lowest BCUT2D eigenvalue weighted by Crippen LogP contribution is -2.40. The minimum atomic E-state index is -0.822. The van der Waals surface area contributed by atoms with Crippen LogP contribution in [0.3, 0.4) is 0 Å². The molecule has 1 aromatic heterocycles. The van der Waals surface area contributed by atoms with Crippen molar-refractivity contribution in [2.45, 2.75) is 44.8 Å². The minimum absolute atomic E-state index is 0.204. The van der Waals surface area contributed by atoms with Gasteiger partial charge in [0.05, 0.1) is 11.1 Å². The Balaban J connectivity index is 1.65. The fourth-order valence-electron chi connectivity index (χ4n) is 2.90. The van der Waals surface area contributed by atoms with Gasteiger partial charge < -0.3 is 10.1 Å². The molecule has 0 aliphatic heterocycles. The van der Waals surface area contributed by atoms with Gasteiger partial charge in [-0.1, -0.05) is 24.4 Å². The van der Waals surface area contributed by atoms with Crippen molar-refractivity contribution in [3.63, 3.8) is 0 Å². The molecule has 1 aromatic carbocycles. The number of fused-ring (bicyclic) bond motifs is 1. The molecule has 1 amide bonds. The average molecular weight is 347 g/mol. The van der Waals surface area contributed by atoms with E-state index in [4.69, 9.17) is 16.3 Å². The van der Waals surface area contributed by atoms with Gasteiger partial charge in [-0.05, 0) is 50.1 Å². The van der Waals surface area contributed by atoms with Crippen molar-refractivity contribution in [2.24, 2.45) is 0 Å². The number of halogens is 1. The van der Waals surface area contributed by atoms with Crippen LogP contribution in [0, 0.1) is 0 Å². The van der Waals surface area contributed by atoms with Gasteiger partial charge in [0.2, 0.25) is 0 Å². The smallest absolute Gasteiger partial charge is 0.338 e. The Morgan fingerprint density at radius 2 is 2.00 bits per heavy atom. The molecule has 1 unspecified atom stereocenters. The normalized spacial score (nSPS) is 16.1. The maximum Gasteiger partial charge on any atom is 0.338 e. The summed E-state index contributed by atoms with van der Waals surface area (Å²) < 4.78 is 5.28. The Hall–Kier alpha value is -2.14. The van der Waals surface area contributed by atoms with Crippen LogP contribution in [0.25, 0.3) is 10.9 Å². The van der Waals surface area contributed by atoms with Gasteiger partial charge in [-0.15, -0.1) is 0 Å². The van der Waals surface area contributed by atoms with Crippen LogP contribution in [-0.4, -0.2) is 29.0 Å². The molecule has 24 heavy (non-hydrogen) atoms. The first-order valence-corrected chi connectivity index (χ1v) is 8.48. The van der Waals surface area contributed by atoms with Crippen molar-refractivity contribution in [3.05, 3.63) is 41.0 Å². The Morgan fingerprint density at radius 3 is 2.75 bits per heavy atom. The van der Waals surface area contributed by atoms with Crippen LogP contribution in [0.4, 0.5) is 0 Å². The van der Waals surface area contributed by atoms with Crippen molar-refractivity contribution >= 4 is 34.4 Å². The van der Waals surface area contributed by atoms with E-state index in [1.807, 2.05) is 0 Å². The molecule has 1 saturated carbocycles. The van der Waals surface area contributed by atoms with E-state index < -0.39 is 12.1 Å². The van der Waals surface area contributed by atoms with Crippen LogP contribution in [0.15, 0.2) is 30.3 Å². The lowest BCUT2D eigenvalue weighted by Gasteiger charge is -2.17. The standard InChI is InChI=1S/C18H19ClN2O3/c1-11(17(22)20-14-4-2-3-5-14)24-18(23)13-6-8-15-12(10-13)7-9-16(19)21-15/h6-11,14H,2-5H2,1H3,(H,20,22). The first-order chi connectivity index (χ1) is 11.5. The van der Waals surface area contributed by atoms with Crippen LogP contribution in [0.5, 0.6) is 0 Å². The minimum Gasteiger partial charge on any atom is -0.449 e. The van der Waals surface area contributed by atoms with Crippen molar-refractivity contribution in [3.8, 4) is 0 Å². The monoisotopic (exact) mass is 346 g/mol. The molecule has 1 heterocycles. The van der Waals surface area contributed by atoms with E-state index in [-0.39, 0.29) is 11.9 Å². The molecule has 5 nitrogen and oxygen atoms in total. The number of esters is 1. The number of amides is 1. The Bertz CT molecular complexity index is 772. The van der Waals surface area contributed by atoms with E-state index in [0.29, 0.717) is 16.2 Å². The van der Waals surface area contributed by atoms with Crippen LogP contribution in [0.1, 0.15) is 43.0 Å². The number of rotatable bonds is 4. The fourth-order valence-corrected chi connectivity index (χ4v) is 3.05. The summed E-state index contributed by atoms with van der Waals surface area (Å²) in [5.74, 6) is -0.773. The maximum absolute atomic E-state index is 12.3. The predicted octanol–water partition coefficient (Wildman–Crippen LogP) is 3.49. The molecule has 0 radical (unpaired) electrons. The Kier molecular flexibility index (Phi) is 5.00. The van der Waals surface area contributed by atoms with E-state index in [0.717, 1.165) is 31.1 Å². The highest BCUT2D eigenvalue weighted by Gasteiger charge is 2.23. The summed E-state index contributed by atoms with van der Waals surface area (Å²) in [6.07, 6.45) is 3.43. The summed E-state index contributed by atoms with van der Waals surface area (Å²) in [7, 11) is 0. The number of hydrogen-bond donors (Lipinski definition) is 1. The molecule has 6 heteroatoms. The molecular weight excluding hydrogens is 328 g/mol. The van der Waals surface area contributed by atoms with Crippen molar-refractivity contribution in [1.82, 2.24) is 10.3 Å². The molecule has 1 N–H and O–H groups in total. The zero-order valence-electron chi connectivity index (χ0n) is 13.4. The second kappa shape index (κ2) is 7.18. The summed E-state index contributed by atoms with van der Waals surface area (Å²) in [5.41, 5.74) is 1.08. The fraction of sp³-hybridized carbons (Fsp3) is 0.389. The molecule has 0 spiro atoms. The summed E-state index contributed by atoms with van der Waals surface area (Å²) in [6, 6.07) is 8.67. The van der Waals surface area contributed by atoms with Crippen LogP contribution in [0.2, 0.25) is 5.15 Å². The molecule has 1 aliphatic rings. The van der Waals surface area contributed by atoms with Crippen molar-refractivity contribution in [1.29, 1.82) is 0 Å². The molecule has 1 aliphatic carbocycles. The number of benzene rings is 1. The largest absolute Gasteiger partial charge is 0.449 e. The lowest BCUT2D eigenvalue weighted by atomic mass is 10.1. The molecule has 0 saturated heterocycles. The van der Waals surface area contributed by atoms with Gasteiger partial charge in [0.25, 0.3) is 5.91 Å². The highest BCUT2D eigenvalue weighted by Crippen LogP contribution is 2.19. The Labute approximate surface area is 145 Å². The maximum atomic E-state index is 12.3. The van der Waals surface area contributed by atoms with Crippen LogP contribution >= 0.6 is 11.6 Å². The van der Waals surface area contributed by atoms with Gasteiger partial charge in [0.1, 0.15) is 5.15 Å². The zero-order chi connectivity index (χ0) is 17.1. The van der Waals surface area contributed by atoms with E-state index in [1.54, 1.807) is 37.3 Å². The SMILES string of the molecule is CC(OC(=O)c1ccc2nc(Cl)ccc2c1)C(=O)NC1CCCC1. The zero-order valence-corrected chi connectivity index (χ0v) is 14.2. The van der Waals surface area contributed by atoms with E-state index >= 15 is 0 Å². The first-order valence-electron chi connectivity index (χ1n) is 8.10. The quantitative estimate of drug-likeness (QED) is 0.679. The van der Waals surface area contributed by atoms with E-state index in [9.17, 15) is 9.59 Å². The van der Waals surface area contributed by atoms with Gasteiger partial charge in [0.15, 0.2) is 6.10 Å². The number of nitrogens with zero attached hydrogens (tertiary/aromatic N) is 1. The lowest BCUT2D eigenvalue weighted by molar-refractivity contribution is -0.129. The van der Waals surface area contributed by atoms with Crippen LogP contribution < -0.4 is 5.32 Å². The highest BCUT2D eigenvalue weighted by atomic mass is 35.5. The van der Waals surface area contributed by atoms with Crippen molar-refractivity contribution < 1.29 is 14.3 Å². The van der Waals surface area contributed by atoms with E-state index in [2.05, 4.69) is 10.3 Å².